The Hall–Kier alpha value is -2.54. The van der Waals surface area contributed by atoms with Gasteiger partial charge in [0.05, 0.1) is 18.6 Å². The van der Waals surface area contributed by atoms with Crippen molar-refractivity contribution >= 4 is 21.6 Å². The van der Waals surface area contributed by atoms with E-state index in [1.807, 2.05) is 44.2 Å². The zero-order valence-electron chi connectivity index (χ0n) is 18.3. The highest BCUT2D eigenvalue weighted by atomic mass is 32.2. The highest BCUT2D eigenvalue weighted by Crippen LogP contribution is 2.21. The van der Waals surface area contributed by atoms with Crippen molar-refractivity contribution in [3.8, 4) is 5.75 Å². The Labute approximate surface area is 180 Å². The van der Waals surface area contributed by atoms with Gasteiger partial charge in [0.15, 0.2) is 0 Å². The topological polar surface area (TPSA) is 75.7 Å². The molecule has 0 bridgehead atoms. The number of anilines is 1. The molecule has 1 amide bonds. The lowest BCUT2D eigenvalue weighted by Gasteiger charge is -2.23. The fourth-order valence-corrected chi connectivity index (χ4v) is 4.09. The molecule has 0 radical (unpaired) electrons. The van der Waals surface area contributed by atoms with Gasteiger partial charge in [-0.25, -0.2) is 8.42 Å². The SMILES string of the molecule is CCCOc1ccccc1CCCNC(=O)CN(c1cc(C)cc(C)c1)S(C)(=O)=O. The van der Waals surface area contributed by atoms with Crippen LogP contribution in [0.1, 0.15) is 36.5 Å². The van der Waals surface area contributed by atoms with Crippen LogP contribution in [0.25, 0.3) is 0 Å². The second-order valence-corrected chi connectivity index (χ2v) is 9.43. The molecule has 0 aliphatic heterocycles. The van der Waals surface area contributed by atoms with Gasteiger partial charge in [0.25, 0.3) is 0 Å². The van der Waals surface area contributed by atoms with E-state index in [1.165, 1.54) is 0 Å². The first-order chi connectivity index (χ1) is 14.2. The van der Waals surface area contributed by atoms with Crippen LogP contribution in [0.2, 0.25) is 0 Å². The number of amides is 1. The van der Waals surface area contributed by atoms with E-state index in [4.69, 9.17) is 4.74 Å². The molecular weight excluding hydrogens is 400 g/mol. The molecule has 2 rings (SSSR count). The van der Waals surface area contributed by atoms with Crippen molar-refractivity contribution in [1.82, 2.24) is 5.32 Å². The van der Waals surface area contributed by atoms with Crippen LogP contribution >= 0.6 is 0 Å². The minimum atomic E-state index is -3.58. The van der Waals surface area contributed by atoms with Gasteiger partial charge in [-0.3, -0.25) is 9.10 Å². The minimum absolute atomic E-state index is 0.238. The third kappa shape index (κ3) is 7.37. The van der Waals surface area contributed by atoms with E-state index in [0.717, 1.165) is 52.3 Å². The minimum Gasteiger partial charge on any atom is -0.493 e. The number of aryl methyl sites for hydroxylation is 3. The summed E-state index contributed by atoms with van der Waals surface area (Å²) in [6.07, 6.45) is 3.57. The van der Waals surface area contributed by atoms with E-state index in [2.05, 4.69) is 12.2 Å². The average Bonchev–Trinajstić information content (AvgIpc) is 2.67. The number of rotatable bonds is 11. The molecule has 30 heavy (non-hydrogen) atoms. The number of nitrogens with zero attached hydrogens (tertiary/aromatic N) is 1. The normalized spacial score (nSPS) is 11.2. The Balaban J connectivity index is 1.93. The van der Waals surface area contributed by atoms with Crippen LogP contribution in [0.15, 0.2) is 42.5 Å². The maximum atomic E-state index is 12.4. The van der Waals surface area contributed by atoms with Crippen LogP contribution in [-0.4, -0.2) is 40.3 Å². The second-order valence-electron chi connectivity index (χ2n) is 7.53. The summed E-state index contributed by atoms with van der Waals surface area (Å²) in [5, 5.41) is 2.83. The lowest BCUT2D eigenvalue weighted by Crippen LogP contribution is -2.40. The van der Waals surface area contributed by atoms with E-state index >= 15 is 0 Å². The number of hydrogen-bond donors (Lipinski definition) is 1. The van der Waals surface area contributed by atoms with Crippen LogP contribution in [0.5, 0.6) is 5.75 Å². The fourth-order valence-electron chi connectivity index (χ4n) is 3.25. The number of nitrogens with one attached hydrogen (secondary N) is 1. The van der Waals surface area contributed by atoms with E-state index in [9.17, 15) is 13.2 Å². The molecule has 6 nitrogen and oxygen atoms in total. The highest BCUT2D eigenvalue weighted by Gasteiger charge is 2.21. The molecule has 0 saturated carbocycles. The Kier molecular flexibility index (Phi) is 8.72. The average molecular weight is 433 g/mol. The van der Waals surface area contributed by atoms with E-state index in [-0.39, 0.29) is 12.5 Å². The van der Waals surface area contributed by atoms with E-state index in [1.54, 1.807) is 12.1 Å². The van der Waals surface area contributed by atoms with Crippen molar-refractivity contribution < 1.29 is 17.9 Å². The molecule has 2 aromatic rings. The van der Waals surface area contributed by atoms with Crippen LogP contribution < -0.4 is 14.4 Å². The summed E-state index contributed by atoms with van der Waals surface area (Å²) in [6, 6.07) is 13.4. The van der Waals surface area contributed by atoms with Gasteiger partial charge in [0.2, 0.25) is 15.9 Å². The summed E-state index contributed by atoms with van der Waals surface area (Å²) >= 11 is 0. The van der Waals surface area contributed by atoms with Crippen LogP contribution in [0, 0.1) is 13.8 Å². The number of carbonyl (C=O) groups is 1. The van der Waals surface area contributed by atoms with Gasteiger partial charge in [-0.1, -0.05) is 31.2 Å². The molecule has 164 valence electrons. The molecule has 0 aromatic heterocycles. The predicted molar refractivity (Wildman–Crippen MR) is 122 cm³/mol. The quantitative estimate of drug-likeness (QED) is 0.551. The zero-order valence-corrected chi connectivity index (χ0v) is 19.1. The Morgan fingerprint density at radius 3 is 2.40 bits per heavy atom. The first kappa shape index (κ1) is 23.7. The van der Waals surface area contributed by atoms with Crippen LogP contribution in [-0.2, 0) is 21.2 Å². The van der Waals surface area contributed by atoms with Gasteiger partial charge in [0.1, 0.15) is 12.3 Å². The summed E-state index contributed by atoms with van der Waals surface area (Å²) in [7, 11) is -3.58. The molecule has 2 aromatic carbocycles. The number of sulfonamides is 1. The molecule has 0 unspecified atom stereocenters. The van der Waals surface area contributed by atoms with Gasteiger partial charge < -0.3 is 10.1 Å². The lowest BCUT2D eigenvalue weighted by molar-refractivity contribution is -0.119. The third-order valence-electron chi connectivity index (χ3n) is 4.56. The maximum absolute atomic E-state index is 12.4. The standard InChI is InChI=1S/C23H32N2O4S/c1-5-13-29-22-11-7-6-9-20(22)10-8-12-24-23(26)17-25(30(4,27)28)21-15-18(2)14-19(3)16-21/h6-7,9,11,14-16H,5,8,10,12-13,17H2,1-4H3,(H,24,26). The summed E-state index contributed by atoms with van der Waals surface area (Å²) < 4.78 is 31.4. The molecule has 0 spiro atoms. The monoisotopic (exact) mass is 432 g/mol. The van der Waals surface area contributed by atoms with Gasteiger partial charge in [-0.15, -0.1) is 0 Å². The van der Waals surface area contributed by atoms with Crippen molar-refractivity contribution in [3.63, 3.8) is 0 Å². The molecule has 7 heteroatoms. The molecule has 0 aliphatic rings. The molecule has 1 N–H and O–H groups in total. The Morgan fingerprint density at radius 2 is 1.77 bits per heavy atom. The van der Waals surface area contributed by atoms with Crippen molar-refractivity contribution in [2.45, 2.75) is 40.0 Å². The Bertz CT molecular complexity index is 937. The number of hydrogen-bond acceptors (Lipinski definition) is 4. The summed E-state index contributed by atoms with van der Waals surface area (Å²) in [6.45, 7) is 6.77. The zero-order chi connectivity index (χ0) is 22.1. The van der Waals surface area contributed by atoms with Gasteiger partial charge in [-0.2, -0.15) is 0 Å². The lowest BCUT2D eigenvalue weighted by atomic mass is 10.1. The molecule has 0 aliphatic carbocycles. The Morgan fingerprint density at radius 1 is 1.10 bits per heavy atom. The first-order valence-corrected chi connectivity index (χ1v) is 12.1. The van der Waals surface area contributed by atoms with Crippen LogP contribution in [0.4, 0.5) is 5.69 Å². The van der Waals surface area contributed by atoms with Gasteiger partial charge in [-0.05, 0) is 68.0 Å². The van der Waals surface area contributed by atoms with Crippen molar-refractivity contribution in [2.75, 3.05) is 30.3 Å². The third-order valence-corrected chi connectivity index (χ3v) is 5.70. The van der Waals surface area contributed by atoms with Crippen LogP contribution in [0.3, 0.4) is 0 Å². The first-order valence-electron chi connectivity index (χ1n) is 10.2. The number of para-hydroxylation sites is 1. The van der Waals surface area contributed by atoms with Gasteiger partial charge in [0, 0.05) is 6.54 Å². The number of carbonyl (C=O) groups excluding carboxylic acids is 1. The fraction of sp³-hybridized carbons (Fsp3) is 0.435. The number of benzene rings is 2. The predicted octanol–water partition coefficient (Wildman–Crippen LogP) is 3.61. The molecule has 0 saturated heterocycles. The second kappa shape index (κ2) is 11.0. The largest absolute Gasteiger partial charge is 0.493 e. The highest BCUT2D eigenvalue weighted by molar-refractivity contribution is 7.92. The van der Waals surface area contributed by atoms with Gasteiger partial charge >= 0.3 is 0 Å². The van der Waals surface area contributed by atoms with Crippen molar-refractivity contribution in [2.24, 2.45) is 0 Å². The summed E-state index contributed by atoms with van der Waals surface area (Å²) in [4.78, 5) is 12.4. The summed E-state index contributed by atoms with van der Waals surface area (Å²) in [5.41, 5.74) is 3.51. The number of ether oxygens (including phenoxy) is 1. The van der Waals surface area contributed by atoms with Crippen molar-refractivity contribution in [1.29, 1.82) is 0 Å². The molecule has 0 heterocycles. The van der Waals surface area contributed by atoms with E-state index in [0.29, 0.717) is 18.8 Å². The smallest absolute Gasteiger partial charge is 0.240 e. The molecular formula is C23H32N2O4S. The van der Waals surface area contributed by atoms with E-state index < -0.39 is 10.0 Å². The molecule has 0 atom stereocenters. The summed E-state index contributed by atoms with van der Waals surface area (Å²) in [5.74, 6) is 0.554. The van der Waals surface area contributed by atoms with Crippen molar-refractivity contribution in [3.05, 3.63) is 59.2 Å². The maximum Gasteiger partial charge on any atom is 0.240 e. The molecule has 0 fully saturated rings.